The van der Waals surface area contributed by atoms with Gasteiger partial charge in [0.1, 0.15) is 24.3 Å². The molecule has 12 nitrogen and oxygen atoms in total. The second kappa shape index (κ2) is 20.2. The summed E-state index contributed by atoms with van der Waals surface area (Å²) in [6.07, 6.45) is 5.17. The van der Waals surface area contributed by atoms with Gasteiger partial charge >= 0.3 is 12.2 Å². The number of rotatable bonds is 17. The maximum atomic E-state index is 14.3. The van der Waals surface area contributed by atoms with Crippen LogP contribution in [-0.4, -0.2) is 78.2 Å². The molecule has 0 spiro atoms. The van der Waals surface area contributed by atoms with E-state index in [0.29, 0.717) is 38.6 Å². The van der Waals surface area contributed by atoms with Crippen LogP contribution in [0.2, 0.25) is 0 Å². The summed E-state index contributed by atoms with van der Waals surface area (Å²) >= 11 is 0. The first-order valence-electron chi connectivity index (χ1n) is 20.4. The van der Waals surface area contributed by atoms with Crippen LogP contribution in [-0.2, 0) is 30.3 Å². The molecular formula is C46H59N5O7. The zero-order valence-corrected chi connectivity index (χ0v) is 34.4. The summed E-state index contributed by atoms with van der Waals surface area (Å²) in [5, 5.41) is 8.46. The first-order valence-corrected chi connectivity index (χ1v) is 20.4. The summed E-state index contributed by atoms with van der Waals surface area (Å²) in [5.74, 6) is -1.82. The molecule has 3 aromatic rings. The third kappa shape index (κ3) is 12.2. The molecule has 12 heteroatoms. The number of hydrogen-bond donors (Lipinski definition) is 4. The number of alkyl carbamates (subject to hydrolysis) is 2. The SMILES string of the molecule is CC(C)CC(/C=C/C(Cc1ccccc1)C(=O)N1CCC[C@H]1C(=O)NC(CCCNC(=O)OCC1c2ccccc2-c2ccccc21)C(N)=O)NC(=O)OC(C)(C)C. The molecular weight excluding hydrogens is 735 g/mol. The maximum Gasteiger partial charge on any atom is 0.408 e. The first-order chi connectivity index (χ1) is 27.7. The van der Waals surface area contributed by atoms with E-state index < -0.39 is 47.6 Å². The molecule has 3 aromatic carbocycles. The molecule has 3 unspecified atom stereocenters. The second-order valence-electron chi connectivity index (χ2n) is 16.6. The van der Waals surface area contributed by atoms with Gasteiger partial charge in [0.2, 0.25) is 17.7 Å². The molecule has 0 saturated carbocycles. The Kier molecular flexibility index (Phi) is 15.1. The zero-order valence-electron chi connectivity index (χ0n) is 34.4. The van der Waals surface area contributed by atoms with Crippen LogP contribution in [0.5, 0.6) is 0 Å². The van der Waals surface area contributed by atoms with E-state index in [1.54, 1.807) is 25.7 Å². The zero-order chi connectivity index (χ0) is 41.8. The normalized spacial score (nSPS) is 16.6. The Balaban J connectivity index is 1.16. The maximum absolute atomic E-state index is 14.3. The third-order valence-corrected chi connectivity index (χ3v) is 10.4. The molecule has 1 aliphatic heterocycles. The molecule has 0 radical (unpaired) electrons. The Hall–Kier alpha value is -5.65. The van der Waals surface area contributed by atoms with Gasteiger partial charge in [-0.25, -0.2) is 9.59 Å². The highest BCUT2D eigenvalue weighted by molar-refractivity contribution is 5.93. The van der Waals surface area contributed by atoms with Gasteiger partial charge in [-0.05, 0) is 93.0 Å². The predicted octanol–water partition coefficient (Wildman–Crippen LogP) is 6.62. The molecule has 5 amide bonds. The number of amides is 5. The quantitative estimate of drug-likeness (QED) is 0.0880. The highest BCUT2D eigenvalue weighted by Gasteiger charge is 2.38. The van der Waals surface area contributed by atoms with E-state index in [4.69, 9.17) is 15.2 Å². The van der Waals surface area contributed by atoms with Crippen molar-refractivity contribution in [2.24, 2.45) is 17.6 Å². The van der Waals surface area contributed by atoms with Crippen LogP contribution in [0.15, 0.2) is 91.0 Å². The van der Waals surface area contributed by atoms with Crippen molar-refractivity contribution in [3.63, 3.8) is 0 Å². The standard InChI is InChI=1S/C46H59N5O7/c1-30(2)27-33(49-45(56)58-46(3,4)5)24-23-32(28-31-15-7-6-8-16-31)43(54)51-26-14-22-40(51)42(53)50-39(41(47)52)21-13-25-48-44(55)57-29-38-36-19-11-9-17-34(36)35-18-10-12-20-37(35)38/h6-12,15-20,23-24,30,32-33,38-40H,13-14,21-22,25-29H2,1-5H3,(H2,47,52)(H,48,55)(H,49,56)(H,50,53)/b24-23+/t32?,33?,39?,40-/m0/s1. The van der Waals surface area contributed by atoms with Crippen LogP contribution in [0.3, 0.4) is 0 Å². The Morgan fingerprint density at radius 1 is 0.862 bits per heavy atom. The number of likely N-dealkylation sites (tertiary alicyclic amines) is 1. The van der Waals surface area contributed by atoms with Gasteiger partial charge < -0.3 is 36.1 Å². The van der Waals surface area contributed by atoms with Gasteiger partial charge in [0, 0.05) is 19.0 Å². The number of ether oxygens (including phenoxy) is 2. The van der Waals surface area contributed by atoms with Gasteiger partial charge in [0.15, 0.2) is 0 Å². The van der Waals surface area contributed by atoms with Crippen LogP contribution in [0.4, 0.5) is 9.59 Å². The van der Waals surface area contributed by atoms with E-state index in [9.17, 15) is 24.0 Å². The molecule has 1 heterocycles. The van der Waals surface area contributed by atoms with Crippen molar-refractivity contribution in [3.05, 3.63) is 108 Å². The van der Waals surface area contributed by atoms with Crippen molar-refractivity contribution in [3.8, 4) is 11.1 Å². The monoisotopic (exact) mass is 793 g/mol. The van der Waals surface area contributed by atoms with Crippen molar-refractivity contribution in [2.45, 2.75) is 103 Å². The summed E-state index contributed by atoms with van der Waals surface area (Å²) < 4.78 is 11.1. The molecule has 2 aliphatic rings. The number of nitrogens with two attached hydrogens (primary N) is 1. The Labute approximate surface area is 342 Å². The van der Waals surface area contributed by atoms with E-state index in [2.05, 4.69) is 54.1 Å². The number of hydrogen-bond acceptors (Lipinski definition) is 7. The summed E-state index contributed by atoms with van der Waals surface area (Å²) in [5.41, 5.74) is 10.5. The van der Waals surface area contributed by atoms with Crippen LogP contribution in [0.25, 0.3) is 11.1 Å². The van der Waals surface area contributed by atoms with Crippen LogP contribution >= 0.6 is 0 Å². The molecule has 5 N–H and O–H groups in total. The van der Waals surface area contributed by atoms with E-state index >= 15 is 0 Å². The van der Waals surface area contributed by atoms with E-state index in [-0.39, 0.29) is 43.4 Å². The number of nitrogens with zero attached hydrogens (tertiary/aromatic N) is 1. The first kappa shape index (κ1) is 43.5. The fourth-order valence-corrected chi connectivity index (χ4v) is 7.74. The highest BCUT2D eigenvalue weighted by atomic mass is 16.6. The van der Waals surface area contributed by atoms with Gasteiger partial charge in [0.25, 0.3) is 0 Å². The minimum absolute atomic E-state index is 0.0674. The number of benzene rings is 3. The second-order valence-corrected chi connectivity index (χ2v) is 16.6. The lowest BCUT2D eigenvalue weighted by Crippen LogP contribution is -2.53. The minimum atomic E-state index is -0.995. The number of nitrogens with one attached hydrogen (secondary N) is 3. The molecule has 58 heavy (non-hydrogen) atoms. The van der Waals surface area contributed by atoms with E-state index in [1.807, 2.05) is 66.7 Å². The van der Waals surface area contributed by atoms with E-state index in [1.165, 1.54) is 0 Å². The Morgan fingerprint density at radius 2 is 1.50 bits per heavy atom. The average Bonchev–Trinajstić information content (AvgIpc) is 3.79. The molecule has 1 saturated heterocycles. The van der Waals surface area contributed by atoms with Crippen molar-refractivity contribution >= 4 is 29.9 Å². The smallest absolute Gasteiger partial charge is 0.408 e. The average molecular weight is 794 g/mol. The lowest BCUT2D eigenvalue weighted by Gasteiger charge is -2.29. The van der Waals surface area contributed by atoms with Crippen molar-refractivity contribution in [2.75, 3.05) is 19.7 Å². The van der Waals surface area contributed by atoms with Gasteiger partial charge in [-0.3, -0.25) is 14.4 Å². The Morgan fingerprint density at radius 3 is 2.12 bits per heavy atom. The van der Waals surface area contributed by atoms with E-state index in [0.717, 1.165) is 27.8 Å². The lowest BCUT2D eigenvalue weighted by atomic mass is 9.95. The van der Waals surface area contributed by atoms with Crippen molar-refractivity contribution in [1.29, 1.82) is 0 Å². The Bertz CT molecular complexity index is 1880. The molecule has 5 rings (SSSR count). The van der Waals surface area contributed by atoms with Gasteiger partial charge in [-0.1, -0.05) is 105 Å². The fraction of sp³-hybridized carbons (Fsp3) is 0.457. The summed E-state index contributed by atoms with van der Waals surface area (Å²) in [6.45, 7) is 10.3. The molecule has 0 bridgehead atoms. The number of carbonyl (C=O) groups excluding carboxylic acids is 5. The summed E-state index contributed by atoms with van der Waals surface area (Å²) in [6, 6.07) is 23.7. The van der Waals surface area contributed by atoms with Gasteiger partial charge in [-0.2, -0.15) is 0 Å². The topological polar surface area (TPSA) is 169 Å². The molecule has 310 valence electrons. The minimum Gasteiger partial charge on any atom is -0.449 e. The third-order valence-electron chi connectivity index (χ3n) is 10.4. The summed E-state index contributed by atoms with van der Waals surface area (Å²) in [7, 11) is 0. The molecule has 1 fully saturated rings. The predicted molar refractivity (Wildman–Crippen MR) is 224 cm³/mol. The highest BCUT2D eigenvalue weighted by Crippen LogP contribution is 2.44. The summed E-state index contributed by atoms with van der Waals surface area (Å²) in [4.78, 5) is 67.5. The fourth-order valence-electron chi connectivity index (χ4n) is 7.74. The lowest BCUT2D eigenvalue weighted by molar-refractivity contribution is -0.141. The number of primary amides is 1. The van der Waals surface area contributed by atoms with Crippen LogP contribution < -0.4 is 21.7 Å². The molecule has 1 aliphatic carbocycles. The molecule has 0 aromatic heterocycles. The van der Waals surface area contributed by atoms with Crippen molar-refractivity contribution in [1.82, 2.24) is 20.9 Å². The number of carbonyl (C=O) groups is 5. The molecule has 4 atom stereocenters. The van der Waals surface area contributed by atoms with Crippen LogP contribution in [0, 0.1) is 11.8 Å². The largest absolute Gasteiger partial charge is 0.449 e. The van der Waals surface area contributed by atoms with Crippen LogP contribution in [0.1, 0.15) is 89.3 Å². The number of fused-ring (bicyclic) bond motifs is 3. The van der Waals surface area contributed by atoms with Gasteiger partial charge in [0.05, 0.1) is 12.0 Å². The van der Waals surface area contributed by atoms with Crippen molar-refractivity contribution < 1.29 is 33.4 Å². The van der Waals surface area contributed by atoms with Gasteiger partial charge in [-0.15, -0.1) is 0 Å².